The van der Waals surface area contributed by atoms with Crippen molar-refractivity contribution < 1.29 is 19.4 Å². The number of aromatic nitrogens is 1. The summed E-state index contributed by atoms with van der Waals surface area (Å²) in [6.07, 6.45) is 6.57. The molecule has 1 saturated carbocycles. The van der Waals surface area contributed by atoms with E-state index in [2.05, 4.69) is 31.3 Å². The van der Waals surface area contributed by atoms with Gasteiger partial charge in [-0.3, -0.25) is 4.79 Å². The van der Waals surface area contributed by atoms with Gasteiger partial charge in [-0.2, -0.15) is 0 Å². The Morgan fingerprint density at radius 1 is 1.03 bits per heavy atom. The molecule has 1 aliphatic carbocycles. The number of amides is 1. The summed E-state index contributed by atoms with van der Waals surface area (Å²) < 4.78 is 6.19. The number of carboxylic acids is 1. The van der Waals surface area contributed by atoms with E-state index >= 15 is 0 Å². The molecule has 0 saturated heterocycles. The Balaban J connectivity index is 1.64. The van der Waals surface area contributed by atoms with Gasteiger partial charge in [0.2, 0.25) is 0 Å². The fraction of sp³-hybridized carbons (Fsp3) is 0.469. The van der Waals surface area contributed by atoms with Crippen molar-refractivity contribution >= 4 is 22.6 Å². The molecule has 1 aromatic heterocycles. The minimum atomic E-state index is -1.06. The maximum absolute atomic E-state index is 13.2. The van der Waals surface area contributed by atoms with E-state index < -0.39 is 23.3 Å². The first-order chi connectivity index (χ1) is 18.0. The molecule has 38 heavy (non-hydrogen) atoms. The molecular formula is C32H40N2O4. The standard InChI is InChI=1S/C32H40N2O4/c1-20(2)16-22-10-13-24(14-11-22)38-25-15-12-23-18-28(30(35)34-29(31(36)37)32(3,4)5)33-27(26(23)19-25)17-21-8-6-7-9-21/h10-15,18-21,29H,6-9,16-17H2,1-5H3,(H,34,35)(H,36,37)/t29-/m1/s1. The summed E-state index contributed by atoms with van der Waals surface area (Å²) in [6, 6.07) is 14.8. The van der Waals surface area contributed by atoms with E-state index in [0.29, 0.717) is 11.8 Å². The van der Waals surface area contributed by atoms with Crippen LogP contribution in [0.3, 0.4) is 0 Å². The molecule has 2 aromatic carbocycles. The topological polar surface area (TPSA) is 88.5 Å². The van der Waals surface area contributed by atoms with Gasteiger partial charge >= 0.3 is 5.97 Å². The van der Waals surface area contributed by atoms with E-state index in [9.17, 15) is 14.7 Å². The van der Waals surface area contributed by atoms with Crippen molar-refractivity contribution in [3.63, 3.8) is 0 Å². The molecule has 1 aliphatic rings. The number of rotatable bonds is 9. The van der Waals surface area contributed by atoms with E-state index in [1.165, 1.54) is 18.4 Å². The number of aliphatic carboxylic acids is 1. The van der Waals surface area contributed by atoms with Crippen LogP contribution in [0.25, 0.3) is 10.8 Å². The van der Waals surface area contributed by atoms with Crippen LogP contribution in [0.1, 0.15) is 82.0 Å². The fourth-order valence-corrected chi connectivity index (χ4v) is 5.27. The van der Waals surface area contributed by atoms with Crippen molar-refractivity contribution in [2.75, 3.05) is 0 Å². The van der Waals surface area contributed by atoms with Crippen molar-refractivity contribution in [2.24, 2.45) is 17.3 Å². The molecule has 0 radical (unpaired) electrons. The van der Waals surface area contributed by atoms with Gasteiger partial charge in [-0.05, 0) is 71.4 Å². The Labute approximate surface area is 225 Å². The second kappa shape index (κ2) is 11.5. The molecule has 1 fully saturated rings. The zero-order valence-corrected chi connectivity index (χ0v) is 23.2. The lowest BCUT2D eigenvalue weighted by Crippen LogP contribution is -2.49. The van der Waals surface area contributed by atoms with Crippen molar-refractivity contribution in [1.29, 1.82) is 0 Å². The van der Waals surface area contributed by atoms with Crippen molar-refractivity contribution in [3.05, 3.63) is 65.5 Å². The lowest BCUT2D eigenvalue weighted by Gasteiger charge is -2.27. The van der Waals surface area contributed by atoms with Crippen LogP contribution < -0.4 is 10.1 Å². The highest BCUT2D eigenvalue weighted by Gasteiger charge is 2.33. The first-order valence-electron chi connectivity index (χ1n) is 13.7. The Hall–Kier alpha value is -3.41. The molecule has 1 heterocycles. The molecular weight excluding hydrogens is 476 g/mol. The molecule has 0 spiro atoms. The summed E-state index contributed by atoms with van der Waals surface area (Å²) in [6.45, 7) is 9.81. The molecule has 1 amide bonds. The predicted molar refractivity (Wildman–Crippen MR) is 151 cm³/mol. The number of hydrogen-bond acceptors (Lipinski definition) is 4. The molecule has 6 heteroatoms. The summed E-state index contributed by atoms with van der Waals surface area (Å²) in [7, 11) is 0. The zero-order chi connectivity index (χ0) is 27.4. The van der Waals surface area contributed by atoms with Gasteiger partial charge in [-0.15, -0.1) is 0 Å². The SMILES string of the molecule is CC(C)Cc1ccc(Oc2ccc3cc(C(=O)N[C@H](C(=O)O)C(C)(C)C)nc(CC4CCCC4)c3c2)cc1. The number of carboxylic acid groups (broad SMARTS) is 1. The van der Waals surface area contributed by atoms with E-state index in [4.69, 9.17) is 9.72 Å². The fourth-order valence-electron chi connectivity index (χ4n) is 5.27. The van der Waals surface area contributed by atoms with Gasteiger partial charge < -0.3 is 15.2 Å². The Kier molecular flexibility index (Phi) is 8.39. The minimum Gasteiger partial charge on any atom is -0.480 e. The number of ether oxygens (including phenoxy) is 1. The van der Waals surface area contributed by atoms with Crippen molar-refractivity contribution in [3.8, 4) is 11.5 Å². The van der Waals surface area contributed by atoms with Crippen LogP contribution in [-0.4, -0.2) is 28.0 Å². The van der Waals surface area contributed by atoms with Crippen LogP contribution in [0.4, 0.5) is 0 Å². The number of carbonyl (C=O) groups excluding carboxylic acids is 1. The number of nitrogens with one attached hydrogen (secondary N) is 1. The second-order valence-electron chi connectivity index (χ2n) is 12.1. The van der Waals surface area contributed by atoms with Gasteiger partial charge in [0, 0.05) is 11.1 Å². The van der Waals surface area contributed by atoms with Crippen LogP contribution in [0, 0.1) is 17.3 Å². The van der Waals surface area contributed by atoms with Gasteiger partial charge in [0.1, 0.15) is 23.2 Å². The van der Waals surface area contributed by atoms with Crippen LogP contribution >= 0.6 is 0 Å². The first kappa shape index (κ1) is 27.6. The van der Waals surface area contributed by atoms with Crippen LogP contribution in [-0.2, 0) is 17.6 Å². The van der Waals surface area contributed by atoms with Crippen LogP contribution in [0.15, 0.2) is 48.5 Å². The van der Waals surface area contributed by atoms with E-state index in [1.807, 2.05) is 30.3 Å². The third kappa shape index (κ3) is 6.91. The van der Waals surface area contributed by atoms with E-state index in [1.54, 1.807) is 26.8 Å². The lowest BCUT2D eigenvalue weighted by molar-refractivity contribution is -0.142. The molecule has 0 aliphatic heterocycles. The van der Waals surface area contributed by atoms with Crippen molar-refractivity contribution in [1.82, 2.24) is 10.3 Å². The smallest absolute Gasteiger partial charge is 0.326 e. The Morgan fingerprint density at radius 3 is 2.29 bits per heavy atom. The highest BCUT2D eigenvalue weighted by molar-refractivity contribution is 5.99. The lowest BCUT2D eigenvalue weighted by atomic mass is 9.86. The molecule has 3 aromatic rings. The predicted octanol–water partition coefficient (Wildman–Crippen LogP) is 7.19. The summed E-state index contributed by atoms with van der Waals surface area (Å²) in [5, 5.41) is 14.2. The molecule has 1 atom stereocenters. The van der Waals surface area contributed by atoms with E-state index in [-0.39, 0.29) is 5.69 Å². The number of fused-ring (bicyclic) bond motifs is 1. The Morgan fingerprint density at radius 2 is 1.68 bits per heavy atom. The molecule has 6 nitrogen and oxygen atoms in total. The number of nitrogens with zero attached hydrogens (tertiary/aromatic N) is 1. The maximum Gasteiger partial charge on any atom is 0.326 e. The largest absolute Gasteiger partial charge is 0.480 e. The Bertz CT molecular complexity index is 1290. The molecule has 0 unspecified atom stereocenters. The summed E-state index contributed by atoms with van der Waals surface area (Å²) >= 11 is 0. The minimum absolute atomic E-state index is 0.246. The van der Waals surface area contributed by atoms with Gasteiger partial charge in [-0.25, -0.2) is 9.78 Å². The number of benzene rings is 2. The molecule has 4 rings (SSSR count). The number of hydrogen-bond donors (Lipinski definition) is 2. The number of pyridine rings is 1. The normalized spacial score (nSPS) is 15.1. The first-order valence-corrected chi connectivity index (χ1v) is 13.7. The summed E-state index contributed by atoms with van der Waals surface area (Å²) in [4.78, 5) is 29.8. The molecule has 0 bridgehead atoms. The van der Waals surface area contributed by atoms with Gasteiger partial charge in [0.05, 0.1) is 0 Å². The highest BCUT2D eigenvalue weighted by Crippen LogP contribution is 2.33. The van der Waals surface area contributed by atoms with Gasteiger partial charge in [-0.1, -0.05) is 78.5 Å². The summed E-state index contributed by atoms with van der Waals surface area (Å²) in [5.74, 6) is 1.10. The van der Waals surface area contributed by atoms with Crippen molar-refractivity contribution in [2.45, 2.75) is 79.2 Å². The average molecular weight is 517 g/mol. The second-order valence-corrected chi connectivity index (χ2v) is 12.1. The van der Waals surface area contributed by atoms with Crippen LogP contribution in [0.2, 0.25) is 0 Å². The van der Waals surface area contributed by atoms with Crippen LogP contribution in [0.5, 0.6) is 11.5 Å². The molecule has 2 N–H and O–H groups in total. The third-order valence-corrected chi connectivity index (χ3v) is 7.26. The third-order valence-electron chi connectivity index (χ3n) is 7.26. The summed E-state index contributed by atoms with van der Waals surface area (Å²) in [5.41, 5.74) is 1.76. The van der Waals surface area contributed by atoms with E-state index in [0.717, 1.165) is 53.6 Å². The highest BCUT2D eigenvalue weighted by atomic mass is 16.5. The number of carbonyl (C=O) groups is 2. The average Bonchev–Trinajstić information content (AvgIpc) is 3.35. The quantitative estimate of drug-likeness (QED) is 0.314. The van der Waals surface area contributed by atoms with Gasteiger partial charge in [0.15, 0.2) is 0 Å². The van der Waals surface area contributed by atoms with Gasteiger partial charge in [0.25, 0.3) is 5.91 Å². The zero-order valence-electron chi connectivity index (χ0n) is 23.2. The maximum atomic E-state index is 13.2. The molecule has 202 valence electrons. The monoisotopic (exact) mass is 516 g/mol.